The molecule has 128 valence electrons. The number of anilines is 1. The Kier molecular flexibility index (Phi) is 5.98. The third kappa shape index (κ3) is 5.09. The van der Waals surface area contributed by atoms with Gasteiger partial charge >= 0.3 is 6.18 Å². The number of alkyl halides is 3. The van der Waals surface area contributed by atoms with E-state index in [1.54, 1.807) is 0 Å². The molecule has 2 rings (SSSR count). The van der Waals surface area contributed by atoms with Crippen LogP contribution in [0.15, 0.2) is 54.6 Å². The molecule has 0 aliphatic rings. The lowest BCUT2D eigenvalue weighted by atomic mass is 10.1. The molecule has 2 aromatic rings. The second-order valence-electron chi connectivity index (χ2n) is 5.53. The van der Waals surface area contributed by atoms with Gasteiger partial charge in [-0.2, -0.15) is 13.2 Å². The van der Waals surface area contributed by atoms with Crippen molar-refractivity contribution in [2.24, 2.45) is 0 Å². The monoisotopic (exact) mass is 337 g/mol. The molecule has 1 unspecified atom stereocenters. The van der Waals surface area contributed by atoms with Crippen LogP contribution >= 0.6 is 0 Å². The number of nitrogens with one attached hydrogen (secondary N) is 2. The zero-order valence-electron chi connectivity index (χ0n) is 13.4. The van der Waals surface area contributed by atoms with Crippen LogP contribution in [0.5, 0.6) is 0 Å². The summed E-state index contributed by atoms with van der Waals surface area (Å²) in [4.78, 5) is 13.1. The fourth-order valence-corrected chi connectivity index (χ4v) is 2.46. The topological polar surface area (TPSA) is 33.5 Å². The molecule has 0 saturated heterocycles. The summed E-state index contributed by atoms with van der Waals surface area (Å²) in [5.41, 5.74) is 0.0439. The SMILES string of the molecule is CC[NH+](CC(=O)Nc1ccccc1C(F)(F)F)Cc1ccccc1. The van der Waals surface area contributed by atoms with Gasteiger partial charge in [-0.3, -0.25) is 4.79 Å². The average molecular weight is 337 g/mol. The second kappa shape index (κ2) is 7.97. The molecule has 1 amide bonds. The Bertz CT molecular complexity index is 671. The third-order valence-corrected chi connectivity index (χ3v) is 3.71. The first-order chi connectivity index (χ1) is 11.4. The number of carbonyl (C=O) groups is 1. The molecule has 3 nitrogen and oxygen atoms in total. The summed E-state index contributed by atoms with van der Waals surface area (Å²) in [6, 6.07) is 14.7. The van der Waals surface area contributed by atoms with Crippen molar-refractivity contribution in [3.8, 4) is 0 Å². The zero-order chi connectivity index (χ0) is 17.6. The Hall–Kier alpha value is -2.34. The summed E-state index contributed by atoms with van der Waals surface area (Å²) in [6.07, 6.45) is -4.49. The summed E-state index contributed by atoms with van der Waals surface area (Å²) in [5.74, 6) is -0.431. The molecular formula is C18H20F3N2O+. The fraction of sp³-hybridized carbons (Fsp3) is 0.278. The predicted octanol–water partition coefficient (Wildman–Crippen LogP) is 2.75. The summed E-state index contributed by atoms with van der Waals surface area (Å²) < 4.78 is 38.9. The van der Waals surface area contributed by atoms with E-state index in [4.69, 9.17) is 0 Å². The van der Waals surface area contributed by atoms with Gasteiger partial charge in [0.25, 0.3) is 5.91 Å². The highest BCUT2D eigenvalue weighted by Gasteiger charge is 2.33. The van der Waals surface area contributed by atoms with Crippen molar-refractivity contribution in [2.75, 3.05) is 18.4 Å². The first-order valence-electron chi connectivity index (χ1n) is 7.73. The Morgan fingerprint density at radius 2 is 1.67 bits per heavy atom. The van der Waals surface area contributed by atoms with Crippen molar-refractivity contribution in [3.63, 3.8) is 0 Å². The lowest BCUT2D eigenvalue weighted by Crippen LogP contribution is -3.11. The highest BCUT2D eigenvalue weighted by Crippen LogP contribution is 2.34. The molecule has 2 aromatic carbocycles. The standard InChI is InChI=1S/C18H19F3N2O/c1-2-23(12-14-8-4-3-5-9-14)13-17(24)22-16-11-7-6-10-15(16)18(19,20)21/h3-11H,2,12-13H2,1H3,(H,22,24)/p+1. The van der Waals surface area contributed by atoms with Gasteiger partial charge in [-0.1, -0.05) is 42.5 Å². The number of para-hydroxylation sites is 1. The van der Waals surface area contributed by atoms with Gasteiger partial charge in [-0.25, -0.2) is 0 Å². The zero-order valence-corrected chi connectivity index (χ0v) is 13.4. The lowest BCUT2D eigenvalue weighted by Gasteiger charge is -2.18. The van der Waals surface area contributed by atoms with Crippen LogP contribution in [0.25, 0.3) is 0 Å². The molecule has 0 heterocycles. The second-order valence-corrected chi connectivity index (χ2v) is 5.53. The Morgan fingerprint density at radius 1 is 1.04 bits per heavy atom. The van der Waals surface area contributed by atoms with Crippen LogP contribution in [0, 0.1) is 0 Å². The van der Waals surface area contributed by atoms with Crippen molar-refractivity contribution in [2.45, 2.75) is 19.6 Å². The number of quaternary nitrogens is 1. The minimum absolute atomic E-state index is 0.109. The third-order valence-electron chi connectivity index (χ3n) is 3.71. The van der Waals surface area contributed by atoms with E-state index in [1.165, 1.54) is 18.2 Å². The maximum Gasteiger partial charge on any atom is 0.418 e. The van der Waals surface area contributed by atoms with Crippen LogP contribution in [0.3, 0.4) is 0 Å². The number of benzene rings is 2. The minimum atomic E-state index is -4.49. The summed E-state index contributed by atoms with van der Waals surface area (Å²) >= 11 is 0. The van der Waals surface area contributed by atoms with Gasteiger partial charge in [-0.05, 0) is 19.1 Å². The summed E-state index contributed by atoms with van der Waals surface area (Å²) in [6.45, 7) is 3.39. The van der Waals surface area contributed by atoms with Crippen LogP contribution in [-0.4, -0.2) is 19.0 Å². The first kappa shape index (κ1) is 18.0. The van der Waals surface area contributed by atoms with Crippen LogP contribution in [0.4, 0.5) is 18.9 Å². The van der Waals surface area contributed by atoms with E-state index >= 15 is 0 Å². The van der Waals surface area contributed by atoms with Crippen molar-refractivity contribution < 1.29 is 22.9 Å². The number of amides is 1. The Morgan fingerprint density at radius 3 is 2.29 bits per heavy atom. The smallest absolute Gasteiger partial charge is 0.324 e. The maximum absolute atomic E-state index is 13.0. The van der Waals surface area contributed by atoms with E-state index in [0.29, 0.717) is 13.1 Å². The largest absolute Gasteiger partial charge is 0.418 e. The van der Waals surface area contributed by atoms with Crippen LogP contribution in [-0.2, 0) is 17.5 Å². The van der Waals surface area contributed by atoms with Crippen LogP contribution in [0.1, 0.15) is 18.1 Å². The molecule has 0 saturated carbocycles. The van der Waals surface area contributed by atoms with Crippen LogP contribution in [0.2, 0.25) is 0 Å². The van der Waals surface area contributed by atoms with Crippen molar-refractivity contribution in [3.05, 3.63) is 65.7 Å². The molecule has 0 spiro atoms. The fourth-order valence-electron chi connectivity index (χ4n) is 2.46. The minimum Gasteiger partial charge on any atom is -0.324 e. The van der Waals surface area contributed by atoms with Gasteiger partial charge in [0, 0.05) is 5.56 Å². The van der Waals surface area contributed by atoms with E-state index in [0.717, 1.165) is 16.5 Å². The number of carbonyl (C=O) groups excluding carboxylic acids is 1. The summed E-state index contributed by atoms with van der Waals surface area (Å²) in [7, 11) is 0. The molecule has 0 aromatic heterocycles. The van der Waals surface area contributed by atoms with E-state index in [1.807, 2.05) is 37.3 Å². The number of rotatable bonds is 6. The average Bonchev–Trinajstić information content (AvgIpc) is 2.54. The van der Waals surface area contributed by atoms with Crippen LogP contribution < -0.4 is 10.2 Å². The highest BCUT2D eigenvalue weighted by molar-refractivity contribution is 5.92. The molecular weight excluding hydrogens is 317 g/mol. The highest BCUT2D eigenvalue weighted by atomic mass is 19.4. The first-order valence-corrected chi connectivity index (χ1v) is 7.73. The number of hydrogen-bond acceptors (Lipinski definition) is 1. The number of likely N-dealkylation sites (N-methyl/N-ethyl adjacent to an activating group) is 1. The van der Waals surface area contributed by atoms with Gasteiger partial charge in [0.05, 0.1) is 17.8 Å². The van der Waals surface area contributed by atoms with Gasteiger partial charge in [-0.15, -0.1) is 0 Å². The van der Waals surface area contributed by atoms with E-state index in [9.17, 15) is 18.0 Å². The molecule has 2 N–H and O–H groups in total. The predicted molar refractivity (Wildman–Crippen MR) is 86.6 cm³/mol. The molecule has 6 heteroatoms. The molecule has 1 atom stereocenters. The van der Waals surface area contributed by atoms with E-state index in [-0.39, 0.29) is 12.2 Å². The Balaban J connectivity index is 2.02. The molecule has 0 fully saturated rings. The molecule has 0 aliphatic carbocycles. The number of hydrogen-bond donors (Lipinski definition) is 2. The van der Waals surface area contributed by atoms with Crippen molar-refractivity contribution >= 4 is 11.6 Å². The number of halogens is 3. The maximum atomic E-state index is 13.0. The molecule has 0 aliphatic heterocycles. The van der Waals surface area contributed by atoms with Gasteiger partial charge in [0.15, 0.2) is 6.54 Å². The lowest BCUT2D eigenvalue weighted by molar-refractivity contribution is -0.903. The normalized spacial score (nSPS) is 12.7. The molecule has 24 heavy (non-hydrogen) atoms. The van der Waals surface area contributed by atoms with Gasteiger partial charge in [0.1, 0.15) is 6.54 Å². The quantitative estimate of drug-likeness (QED) is 0.835. The summed E-state index contributed by atoms with van der Waals surface area (Å²) in [5, 5.41) is 2.39. The Labute approximate surface area is 139 Å². The molecule has 0 bridgehead atoms. The van der Waals surface area contributed by atoms with Crippen molar-refractivity contribution in [1.82, 2.24) is 0 Å². The van der Waals surface area contributed by atoms with Gasteiger partial charge < -0.3 is 10.2 Å². The van der Waals surface area contributed by atoms with E-state index < -0.39 is 17.6 Å². The van der Waals surface area contributed by atoms with Gasteiger partial charge in [0.2, 0.25) is 0 Å². The molecule has 0 radical (unpaired) electrons. The van der Waals surface area contributed by atoms with E-state index in [2.05, 4.69) is 5.32 Å². The van der Waals surface area contributed by atoms with Crippen molar-refractivity contribution in [1.29, 1.82) is 0 Å².